The van der Waals surface area contributed by atoms with Gasteiger partial charge in [0.15, 0.2) is 16.7 Å². The zero-order valence-corrected chi connectivity index (χ0v) is 15.0. The SMILES string of the molecule is COc1cc(CN(C)CC(=O)Nc2cccnc2Cl)ccc1OC(F)F. The third-order valence-electron chi connectivity index (χ3n) is 3.34. The van der Waals surface area contributed by atoms with Crippen LogP contribution in [0.4, 0.5) is 14.5 Å². The standard InChI is InChI=1S/C17H18ClF2N3O3/c1-23(10-15(24)22-12-4-3-7-21-16(12)18)9-11-5-6-13(26-17(19)20)14(8-11)25-2/h3-8,17H,9-10H2,1-2H3,(H,22,24). The number of aromatic nitrogens is 1. The van der Waals surface area contributed by atoms with Gasteiger partial charge >= 0.3 is 6.61 Å². The molecule has 6 nitrogen and oxygen atoms in total. The predicted molar refractivity (Wildman–Crippen MR) is 93.8 cm³/mol. The van der Waals surface area contributed by atoms with Gasteiger partial charge in [0, 0.05) is 12.7 Å². The van der Waals surface area contributed by atoms with Crippen LogP contribution < -0.4 is 14.8 Å². The second-order valence-corrected chi connectivity index (χ2v) is 5.78. The van der Waals surface area contributed by atoms with E-state index in [1.807, 2.05) is 0 Å². The van der Waals surface area contributed by atoms with Crippen LogP contribution in [0.15, 0.2) is 36.5 Å². The van der Waals surface area contributed by atoms with Crippen molar-refractivity contribution in [3.05, 3.63) is 47.2 Å². The van der Waals surface area contributed by atoms with Crippen molar-refractivity contribution in [2.75, 3.05) is 26.0 Å². The van der Waals surface area contributed by atoms with Crippen LogP contribution in [0, 0.1) is 0 Å². The Kier molecular flexibility index (Phi) is 7.11. The molecule has 1 aromatic heterocycles. The van der Waals surface area contributed by atoms with Gasteiger partial charge in [-0.05, 0) is 36.9 Å². The van der Waals surface area contributed by atoms with Crippen LogP contribution in [0.1, 0.15) is 5.56 Å². The van der Waals surface area contributed by atoms with E-state index in [0.717, 1.165) is 5.56 Å². The summed E-state index contributed by atoms with van der Waals surface area (Å²) in [4.78, 5) is 17.7. The molecule has 0 bridgehead atoms. The highest BCUT2D eigenvalue weighted by Gasteiger charge is 2.13. The molecule has 2 rings (SSSR count). The van der Waals surface area contributed by atoms with Gasteiger partial charge in [0.1, 0.15) is 0 Å². The maximum Gasteiger partial charge on any atom is 0.387 e. The minimum atomic E-state index is -2.93. The normalized spacial score (nSPS) is 10.9. The number of rotatable bonds is 8. The Labute approximate surface area is 154 Å². The summed E-state index contributed by atoms with van der Waals surface area (Å²) in [6.45, 7) is -2.43. The molecule has 0 spiro atoms. The van der Waals surface area contributed by atoms with Crippen LogP contribution in [0.25, 0.3) is 0 Å². The molecule has 0 saturated carbocycles. The first-order valence-electron chi connectivity index (χ1n) is 7.59. The monoisotopic (exact) mass is 385 g/mol. The molecular weight excluding hydrogens is 368 g/mol. The lowest BCUT2D eigenvalue weighted by Crippen LogP contribution is -2.30. The molecule has 26 heavy (non-hydrogen) atoms. The van der Waals surface area contributed by atoms with E-state index < -0.39 is 6.61 Å². The van der Waals surface area contributed by atoms with Crippen LogP contribution in [-0.2, 0) is 11.3 Å². The van der Waals surface area contributed by atoms with E-state index in [-0.39, 0.29) is 29.1 Å². The van der Waals surface area contributed by atoms with Crippen LogP contribution in [0.5, 0.6) is 11.5 Å². The van der Waals surface area contributed by atoms with E-state index in [4.69, 9.17) is 16.3 Å². The molecule has 0 atom stereocenters. The van der Waals surface area contributed by atoms with Gasteiger partial charge in [0.25, 0.3) is 0 Å². The van der Waals surface area contributed by atoms with Gasteiger partial charge in [-0.15, -0.1) is 0 Å². The Balaban J connectivity index is 1.95. The Bertz CT molecular complexity index is 762. The quantitative estimate of drug-likeness (QED) is 0.705. The lowest BCUT2D eigenvalue weighted by molar-refractivity contribution is -0.117. The highest BCUT2D eigenvalue weighted by atomic mass is 35.5. The van der Waals surface area contributed by atoms with Gasteiger partial charge in [0.05, 0.1) is 19.3 Å². The lowest BCUT2D eigenvalue weighted by atomic mass is 10.2. The number of carbonyl (C=O) groups excluding carboxylic acids is 1. The topological polar surface area (TPSA) is 63.7 Å². The molecular formula is C17H18ClF2N3O3. The minimum Gasteiger partial charge on any atom is -0.493 e. The molecule has 0 saturated heterocycles. The number of anilines is 1. The average molecular weight is 386 g/mol. The molecule has 0 unspecified atom stereocenters. The maximum atomic E-state index is 12.4. The Morgan fingerprint density at radius 2 is 2.12 bits per heavy atom. The van der Waals surface area contributed by atoms with Crippen molar-refractivity contribution in [2.45, 2.75) is 13.2 Å². The number of methoxy groups -OCH3 is 1. The molecule has 1 heterocycles. The highest BCUT2D eigenvalue weighted by Crippen LogP contribution is 2.29. The summed E-state index contributed by atoms with van der Waals surface area (Å²) in [5, 5.41) is 2.89. The molecule has 1 N–H and O–H groups in total. The molecule has 0 radical (unpaired) electrons. The number of nitrogens with zero attached hydrogens (tertiary/aromatic N) is 2. The fourth-order valence-electron chi connectivity index (χ4n) is 2.29. The Hall–Kier alpha value is -2.45. The molecule has 0 fully saturated rings. The number of benzene rings is 1. The first-order chi connectivity index (χ1) is 12.4. The molecule has 1 aromatic carbocycles. The first-order valence-corrected chi connectivity index (χ1v) is 7.97. The van der Waals surface area contributed by atoms with E-state index in [1.165, 1.54) is 19.4 Å². The van der Waals surface area contributed by atoms with Gasteiger partial charge in [0.2, 0.25) is 5.91 Å². The Morgan fingerprint density at radius 1 is 1.35 bits per heavy atom. The van der Waals surface area contributed by atoms with Crippen molar-refractivity contribution in [1.82, 2.24) is 9.88 Å². The number of alkyl halides is 2. The summed E-state index contributed by atoms with van der Waals surface area (Å²) >= 11 is 5.90. The number of amides is 1. The van der Waals surface area contributed by atoms with Crippen LogP contribution in [-0.4, -0.2) is 43.1 Å². The molecule has 0 aliphatic rings. The minimum absolute atomic E-state index is 0.0436. The number of halogens is 3. The van der Waals surface area contributed by atoms with Crippen molar-refractivity contribution >= 4 is 23.2 Å². The number of hydrogen-bond donors (Lipinski definition) is 1. The van der Waals surface area contributed by atoms with Crippen LogP contribution in [0.3, 0.4) is 0 Å². The van der Waals surface area contributed by atoms with Crippen molar-refractivity contribution in [3.8, 4) is 11.5 Å². The molecule has 0 aliphatic heterocycles. The van der Waals surface area contributed by atoms with Gasteiger partial charge < -0.3 is 14.8 Å². The first kappa shape index (κ1) is 19.9. The van der Waals surface area contributed by atoms with Gasteiger partial charge in [-0.1, -0.05) is 17.7 Å². The highest BCUT2D eigenvalue weighted by molar-refractivity contribution is 6.32. The number of pyridine rings is 1. The van der Waals surface area contributed by atoms with Gasteiger partial charge in [-0.25, -0.2) is 4.98 Å². The number of hydrogen-bond acceptors (Lipinski definition) is 5. The average Bonchev–Trinajstić information content (AvgIpc) is 2.57. The molecule has 1 amide bonds. The zero-order chi connectivity index (χ0) is 19.1. The smallest absolute Gasteiger partial charge is 0.387 e. The number of likely N-dealkylation sites (N-methyl/N-ethyl adjacent to an activating group) is 1. The van der Waals surface area contributed by atoms with Crippen molar-refractivity contribution in [1.29, 1.82) is 0 Å². The number of carbonyl (C=O) groups is 1. The lowest BCUT2D eigenvalue weighted by Gasteiger charge is -2.18. The molecule has 9 heteroatoms. The summed E-state index contributed by atoms with van der Waals surface area (Å²) < 4.78 is 34.2. The summed E-state index contributed by atoms with van der Waals surface area (Å²) in [5.74, 6) is -0.104. The van der Waals surface area contributed by atoms with Crippen LogP contribution in [0.2, 0.25) is 5.15 Å². The summed E-state index contributed by atoms with van der Waals surface area (Å²) in [6.07, 6.45) is 1.53. The van der Waals surface area contributed by atoms with E-state index in [0.29, 0.717) is 12.2 Å². The largest absolute Gasteiger partial charge is 0.493 e. The fraction of sp³-hybridized carbons (Fsp3) is 0.294. The third-order valence-corrected chi connectivity index (χ3v) is 3.64. The van der Waals surface area contributed by atoms with Gasteiger partial charge in [-0.2, -0.15) is 8.78 Å². The molecule has 140 valence electrons. The predicted octanol–water partition coefficient (Wildman–Crippen LogP) is 3.42. The number of nitrogens with one attached hydrogen (secondary N) is 1. The van der Waals surface area contributed by atoms with Crippen LogP contribution >= 0.6 is 11.6 Å². The van der Waals surface area contributed by atoms with E-state index in [1.54, 1.807) is 36.2 Å². The molecule has 2 aromatic rings. The second kappa shape index (κ2) is 9.30. The maximum absolute atomic E-state index is 12.4. The van der Waals surface area contributed by atoms with E-state index in [2.05, 4.69) is 15.0 Å². The summed E-state index contributed by atoms with van der Waals surface area (Å²) in [5.41, 5.74) is 1.21. The van der Waals surface area contributed by atoms with E-state index >= 15 is 0 Å². The van der Waals surface area contributed by atoms with Crippen molar-refractivity contribution < 1.29 is 23.0 Å². The number of ether oxygens (including phenoxy) is 2. The third kappa shape index (κ3) is 5.82. The van der Waals surface area contributed by atoms with E-state index in [9.17, 15) is 13.6 Å². The summed E-state index contributed by atoms with van der Waals surface area (Å²) in [7, 11) is 3.12. The zero-order valence-electron chi connectivity index (χ0n) is 14.2. The van der Waals surface area contributed by atoms with Crippen molar-refractivity contribution in [2.24, 2.45) is 0 Å². The van der Waals surface area contributed by atoms with Crippen molar-refractivity contribution in [3.63, 3.8) is 0 Å². The summed E-state index contributed by atoms with van der Waals surface area (Å²) in [6, 6.07) is 7.95. The van der Waals surface area contributed by atoms with Gasteiger partial charge in [-0.3, -0.25) is 9.69 Å². The molecule has 0 aliphatic carbocycles. The second-order valence-electron chi connectivity index (χ2n) is 5.43. The Morgan fingerprint density at radius 3 is 2.77 bits per heavy atom. The fourth-order valence-corrected chi connectivity index (χ4v) is 2.45.